The fourth-order valence-electron chi connectivity index (χ4n) is 3.47. The predicted octanol–water partition coefficient (Wildman–Crippen LogP) is 4.23. The minimum absolute atomic E-state index is 0.192. The summed E-state index contributed by atoms with van der Waals surface area (Å²) in [6.45, 7) is 2.39. The van der Waals surface area contributed by atoms with E-state index >= 15 is 0 Å². The number of rotatable bonds is 4. The Balaban J connectivity index is 2.07. The second-order valence-electron chi connectivity index (χ2n) is 6.02. The number of hydrogen-bond donors (Lipinski definition) is 0. The third kappa shape index (κ3) is 2.99. The molecule has 0 spiro atoms. The Bertz CT molecular complexity index is 680. The van der Waals surface area contributed by atoms with Crippen molar-refractivity contribution < 1.29 is 0 Å². The van der Waals surface area contributed by atoms with Crippen molar-refractivity contribution in [1.82, 2.24) is 10.0 Å². The lowest BCUT2D eigenvalue weighted by Gasteiger charge is -2.35. The molecule has 0 N–H and O–H groups in total. The van der Waals surface area contributed by atoms with Crippen LogP contribution in [-0.4, -0.2) is 22.6 Å². The molecule has 124 valence electrons. The van der Waals surface area contributed by atoms with Crippen molar-refractivity contribution in [3.63, 3.8) is 0 Å². The highest BCUT2D eigenvalue weighted by molar-refractivity contribution is 5.24. The maximum absolute atomic E-state index is 11.8. The van der Waals surface area contributed by atoms with Crippen LogP contribution in [0.5, 0.6) is 0 Å². The van der Waals surface area contributed by atoms with Crippen LogP contribution < -0.4 is 0 Å². The minimum atomic E-state index is -0.339. The summed E-state index contributed by atoms with van der Waals surface area (Å²) >= 11 is 0. The number of nitroso groups, excluding NO2 is 2. The van der Waals surface area contributed by atoms with Crippen molar-refractivity contribution in [2.45, 2.75) is 31.5 Å². The van der Waals surface area contributed by atoms with E-state index in [2.05, 4.69) is 10.6 Å². The van der Waals surface area contributed by atoms with Gasteiger partial charge in [0.15, 0.2) is 0 Å². The SMILES string of the molecule is C[C@H]1[C@H](c2ccccc2)N(N=O)[C@H](c2ccccc2)CCN1N=O. The van der Waals surface area contributed by atoms with Crippen LogP contribution in [0.1, 0.15) is 36.6 Å². The molecular formula is C18H20N4O2. The molecule has 1 saturated heterocycles. The Morgan fingerprint density at radius 3 is 2.00 bits per heavy atom. The molecule has 2 aromatic rings. The molecule has 0 saturated carbocycles. The summed E-state index contributed by atoms with van der Waals surface area (Å²) in [6.07, 6.45) is 0.606. The van der Waals surface area contributed by atoms with Crippen LogP contribution in [0.15, 0.2) is 71.2 Å². The Kier molecular flexibility index (Phi) is 4.84. The molecule has 3 atom stereocenters. The van der Waals surface area contributed by atoms with E-state index in [9.17, 15) is 9.81 Å². The van der Waals surface area contributed by atoms with Crippen molar-refractivity contribution in [2.75, 3.05) is 6.54 Å². The van der Waals surface area contributed by atoms with Crippen LogP contribution >= 0.6 is 0 Å². The molecule has 1 heterocycles. The minimum Gasteiger partial charge on any atom is -0.256 e. The van der Waals surface area contributed by atoms with E-state index in [0.29, 0.717) is 13.0 Å². The first kappa shape index (κ1) is 16.1. The molecule has 6 heteroatoms. The summed E-state index contributed by atoms with van der Waals surface area (Å²) in [6, 6.07) is 18.7. The first-order valence-corrected chi connectivity index (χ1v) is 8.07. The summed E-state index contributed by atoms with van der Waals surface area (Å²) in [5.41, 5.74) is 1.96. The first-order valence-electron chi connectivity index (χ1n) is 8.07. The van der Waals surface area contributed by atoms with Crippen LogP contribution in [0.25, 0.3) is 0 Å². The molecule has 1 aliphatic rings. The van der Waals surface area contributed by atoms with Crippen molar-refractivity contribution in [3.8, 4) is 0 Å². The zero-order valence-corrected chi connectivity index (χ0v) is 13.5. The standard InChI is InChI=1S/C18H20N4O2/c1-14-18(16-10-6-3-7-11-16)22(20-24)17(12-13-21(14)19-23)15-8-4-2-5-9-15/h2-11,14,17-18H,12-13H2,1H3/t14-,17-,18+/m0/s1. The maximum Gasteiger partial charge on any atom is 0.0977 e. The number of hydrogen-bond acceptors (Lipinski definition) is 4. The van der Waals surface area contributed by atoms with E-state index < -0.39 is 0 Å². The quantitative estimate of drug-likeness (QED) is 0.790. The summed E-state index contributed by atoms with van der Waals surface area (Å²) in [5.74, 6) is 0. The second kappa shape index (κ2) is 7.21. The van der Waals surface area contributed by atoms with Gasteiger partial charge in [0, 0.05) is 6.54 Å². The lowest BCUT2D eigenvalue weighted by atomic mass is 9.97. The third-order valence-electron chi connectivity index (χ3n) is 4.69. The van der Waals surface area contributed by atoms with Gasteiger partial charge in [-0.15, -0.1) is 9.81 Å². The fourth-order valence-corrected chi connectivity index (χ4v) is 3.47. The van der Waals surface area contributed by atoms with Crippen molar-refractivity contribution in [1.29, 1.82) is 0 Å². The molecule has 6 nitrogen and oxygen atoms in total. The summed E-state index contributed by atoms with van der Waals surface area (Å²) < 4.78 is 0. The summed E-state index contributed by atoms with van der Waals surface area (Å²) in [5, 5.41) is 9.63. The molecule has 1 fully saturated rings. The summed E-state index contributed by atoms with van der Waals surface area (Å²) in [4.78, 5) is 23.1. The van der Waals surface area contributed by atoms with Crippen molar-refractivity contribution >= 4 is 0 Å². The van der Waals surface area contributed by atoms with E-state index in [4.69, 9.17) is 0 Å². The van der Waals surface area contributed by atoms with Gasteiger partial charge in [-0.3, -0.25) is 5.01 Å². The van der Waals surface area contributed by atoms with Crippen LogP contribution in [0, 0.1) is 9.81 Å². The third-order valence-corrected chi connectivity index (χ3v) is 4.69. The number of nitrogens with zero attached hydrogens (tertiary/aromatic N) is 4. The molecule has 2 aromatic carbocycles. The summed E-state index contributed by atoms with van der Waals surface area (Å²) in [7, 11) is 0. The van der Waals surface area contributed by atoms with Gasteiger partial charge in [0.1, 0.15) is 0 Å². The van der Waals surface area contributed by atoms with E-state index in [0.717, 1.165) is 11.1 Å². The monoisotopic (exact) mass is 324 g/mol. The Labute approximate surface area is 141 Å². The average Bonchev–Trinajstić information content (AvgIpc) is 2.79. The highest BCUT2D eigenvalue weighted by atomic mass is 16.3. The molecule has 0 aliphatic carbocycles. The Morgan fingerprint density at radius 2 is 1.46 bits per heavy atom. The predicted molar refractivity (Wildman–Crippen MR) is 92.6 cm³/mol. The van der Waals surface area contributed by atoms with Gasteiger partial charge in [0.2, 0.25) is 0 Å². The van der Waals surface area contributed by atoms with Crippen LogP contribution in [0.2, 0.25) is 0 Å². The van der Waals surface area contributed by atoms with Gasteiger partial charge in [-0.05, 0) is 24.5 Å². The molecule has 24 heavy (non-hydrogen) atoms. The van der Waals surface area contributed by atoms with Gasteiger partial charge in [0.25, 0.3) is 0 Å². The van der Waals surface area contributed by atoms with E-state index in [-0.39, 0.29) is 18.1 Å². The van der Waals surface area contributed by atoms with Gasteiger partial charge in [-0.1, -0.05) is 60.7 Å². The zero-order chi connectivity index (χ0) is 16.9. The van der Waals surface area contributed by atoms with Gasteiger partial charge >= 0.3 is 0 Å². The van der Waals surface area contributed by atoms with Crippen LogP contribution in [0.4, 0.5) is 0 Å². The smallest absolute Gasteiger partial charge is 0.0977 e. The van der Waals surface area contributed by atoms with Crippen molar-refractivity contribution in [2.24, 2.45) is 10.6 Å². The first-order chi connectivity index (χ1) is 11.8. The topological polar surface area (TPSA) is 65.3 Å². The fraction of sp³-hybridized carbons (Fsp3) is 0.333. The largest absolute Gasteiger partial charge is 0.256 e. The average molecular weight is 324 g/mol. The van der Waals surface area contributed by atoms with E-state index in [1.54, 1.807) is 5.01 Å². The van der Waals surface area contributed by atoms with Gasteiger partial charge < -0.3 is 0 Å². The lowest BCUT2D eigenvalue weighted by molar-refractivity contribution is 0.0962. The second-order valence-corrected chi connectivity index (χ2v) is 6.02. The normalized spacial score (nSPS) is 24.3. The molecule has 0 amide bonds. The zero-order valence-electron chi connectivity index (χ0n) is 13.5. The van der Waals surface area contributed by atoms with Crippen LogP contribution in [-0.2, 0) is 0 Å². The van der Waals surface area contributed by atoms with Gasteiger partial charge in [-0.2, -0.15) is 0 Å². The van der Waals surface area contributed by atoms with Gasteiger partial charge in [-0.25, -0.2) is 5.01 Å². The molecule has 0 aromatic heterocycles. The van der Waals surface area contributed by atoms with E-state index in [1.807, 2.05) is 67.6 Å². The molecule has 0 bridgehead atoms. The lowest BCUT2D eigenvalue weighted by Crippen LogP contribution is -2.38. The Hall–Kier alpha value is -2.76. The highest BCUT2D eigenvalue weighted by Gasteiger charge is 2.39. The maximum atomic E-state index is 11.8. The van der Waals surface area contributed by atoms with Gasteiger partial charge in [0.05, 0.1) is 28.7 Å². The Morgan fingerprint density at radius 1 is 0.875 bits per heavy atom. The molecule has 0 radical (unpaired) electrons. The van der Waals surface area contributed by atoms with Crippen LogP contribution in [0.3, 0.4) is 0 Å². The molecule has 1 aliphatic heterocycles. The molecule has 3 rings (SSSR count). The van der Waals surface area contributed by atoms with E-state index in [1.165, 1.54) is 5.01 Å². The van der Waals surface area contributed by atoms with Crippen molar-refractivity contribution in [3.05, 3.63) is 81.6 Å². The molecular weight excluding hydrogens is 304 g/mol. The number of benzene rings is 2. The molecule has 0 unspecified atom stereocenters. The highest BCUT2D eigenvalue weighted by Crippen LogP contribution is 2.39.